The molecule has 0 heterocycles. The van der Waals surface area contributed by atoms with Crippen LogP contribution in [0.5, 0.6) is 0 Å². The quantitative estimate of drug-likeness (QED) is 0.662. The molecule has 0 spiro atoms. The summed E-state index contributed by atoms with van der Waals surface area (Å²) >= 11 is 5.80. The number of amides is 1. The van der Waals surface area contributed by atoms with Crippen molar-refractivity contribution in [2.75, 3.05) is 5.32 Å². The highest BCUT2D eigenvalue weighted by Gasteiger charge is 2.35. The lowest BCUT2D eigenvalue weighted by molar-refractivity contribution is -0.384. The van der Waals surface area contributed by atoms with E-state index in [-0.39, 0.29) is 16.6 Å². The van der Waals surface area contributed by atoms with E-state index in [1.165, 1.54) is 18.2 Å². The molecule has 0 atom stereocenters. The van der Waals surface area contributed by atoms with Gasteiger partial charge in [0.25, 0.3) is 5.69 Å². The number of nitrogens with zero attached hydrogens (tertiary/aromatic N) is 1. The first-order chi connectivity index (χ1) is 9.42. The van der Waals surface area contributed by atoms with Gasteiger partial charge < -0.3 is 11.1 Å². The summed E-state index contributed by atoms with van der Waals surface area (Å²) in [6.07, 6.45) is 4.27. The maximum Gasteiger partial charge on any atom is 0.288 e. The number of rotatable bonds is 3. The Labute approximate surface area is 121 Å². The summed E-state index contributed by atoms with van der Waals surface area (Å²) in [5, 5.41) is 13.3. The van der Waals surface area contributed by atoms with Gasteiger partial charge in [-0.15, -0.1) is 0 Å². The zero-order valence-electron chi connectivity index (χ0n) is 10.9. The summed E-state index contributed by atoms with van der Waals surface area (Å²) in [7, 11) is 0. The molecule has 0 aromatic heterocycles. The minimum absolute atomic E-state index is 0.0116. The summed E-state index contributed by atoms with van der Waals surface area (Å²) < 4.78 is 0. The van der Waals surface area contributed by atoms with Crippen LogP contribution in [0.3, 0.4) is 0 Å². The number of nitro benzene ring substituents is 1. The van der Waals surface area contributed by atoms with Crippen LogP contribution < -0.4 is 11.1 Å². The SMILES string of the molecule is NC1(C(=O)Nc2ccc([N+](=O)[O-])c(Cl)c2)CCCCC1. The van der Waals surface area contributed by atoms with Crippen molar-refractivity contribution in [2.24, 2.45) is 5.73 Å². The van der Waals surface area contributed by atoms with E-state index in [4.69, 9.17) is 17.3 Å². The van der Waals surface area contributed by atoms with Crippen molar-refractivity contribution < 1.29 is 9.72 Å². The second-order valence-corrected chi connectivity index (χ2v) is 5.50. The van der Waals surface area contributed by atoms with Gasteiger partial charge in [0.05, 0.1) is 10.5 Å². The fraction of sp³-hybridized carbons (Fsp3) is 0.462. The molecule has 0 radical (unpaired) electrons. The molecule has 1 aromatic rings. The topological polar surface area (TPSA) is 98.3 Å². The molecule has 3 N–H and O–H groups in total. The van der Waals surface area contributed by atoms with Gasteiger partial charge >= 0.3 is 0 Å². The van der Waals surface area contributed by atoms with Crippen molar-refractivity contribution in [1.82, 2.24) is 0 Å². The maximum atomic E-state index is 12.2. The fourth-order valence-corrected chi connectivity index (χ4v) is 2.65. The van der Waals surface area contributed by atoms with Gasteiger partial charge in [0.1, 0.15) is 5.02 Å². The van der Waals surface area contributed by atoms with Gasteiger partial charge in [0.15, 0.2) is 0 Å². The molecule has 0 unspecified atom stereocenters. The third-order valence-electron chi connectivity index (χ3n) is 3.60. The second-order valence-electron chi connectivity index (χ2n) is 5.09. The zero-order chi connectivity index (χ0) is 14.8. The molecule has 2 rings (SSSR count). The van der Waals surface area contributed by atoms with Gasteiger partial charge in [0, 0.05) is 11.8 Å². The van der Waals surface area contributed by atoms with Gasteiger partial charge in [-0.3, -0.25) is 14.9 Å². The van der Waals surface area contributed by atoms with Gasteiger partial charge in [0.2, 0.25) is 5.91 Å². The van der Waals surface area contributed by atoms with E-state index < -0.39 is 10.5 Å². The minimum Gasteiger partial charge on any atom is -0.324 e. The first-order valence-corrected chi connectivity index (χ1v) is 6.84. The van der Waals surface area contributed by atoms with Crippen LogP contribution in [0.2, 0.25) is 5.02 Å². The number of carbonyl (C=O) groups excluding carboxylic acids is 1. The number of anilines is 1. The van der Waals surface area contributed by atoms with Gasteiger partial charge in [-0.25, -0.2) is 0 Å². The molecular formula is C13H16ClN3O3. The molecule has 1 aromatic carbocycles. The van der Waals surface area contributed by atoms with E-state index >= 15 is 0 Å². The number of nitrogens with two attached hydrogens (primary N) is 1. The van der Waals surface area contributed by atoms with E-state index in [1.807, 2.05) is 0 Å². The Morgan fingerprint density at radius 2 is 2.00 bits per heavy atom. The standard InChI is InChI=1S/C13H16ClN3O3/c14-10-8-9(4-5-11(10)17(19)20)16-12(18)13(15)6-2-1-3-7-13/h4-5,8H,1-3,6-7,15H2,(H,16,18). The van der Waals surface area contributed by atoms with Crippen LogP contribution in [0.15, 0.2) is 18.2 Å². The Bertz CT molecular complexity index is 542. The maximum absolute atomic E-state index is 12.2. The second kappa shape index (κ2) is 5.76. The lowest BCUT2D eigenvalue weighted by Gasteiger charge is -2.31. The third kappa shape index (κ3) is 3.08. The molecule has 1 amide bonds. The lowest BCUT2D eigenvalue weighted by atomic mass is 9.82. The molecule has 0 bridgehead atoms. The Morgan fingerprint density at radius 1 is 1.35 bits per heavy atom. The van der Waals surface area contributed by atoms with Crippen molar-refractivity contribution in [3.63, 3.8) is 0 Å². The van der Waals surface area contributed by atoms with Crippen molar-refractivity contribution >= 4 is 28.9 Å². The van der Waals surface area contributed by atoms with Crippen molar-refractivity contribution in [3.05, 3.63) is 33.3 Å². The highest BCUT2D eigenvalue weighted by molar-refractivity contribution is 6.33. The summed E-state index contributed by atoms with van der Waals surface area (Å²) in [6.45, 7) is 0. The fourth-order valence-electron chi connectivity index (χ4n) is 2.40. The van der Waals surface area contributed by atoms with Crippen LogP contribution in [-0.4, -0.2) is 16.4 Å². The Hall–Kier alpha value is -1.66. The number of halogens is 1. The summed E-state index contributed by atoms with van der Waals surface area (Å²) in [4.78, 5) is 22.3. The predicted octanol–water partition coefficient (Wildman–Crippen LogP) is 2.85. The van der Waals surface area contributed by atoms with Crippen LogP contribution in [0.25, 0.3) is 0 Å². The molecule has 0 saturated heterocycles. The minimum atomic E-state index is -0.855. The largest absolute Gasteiger partial charge is 0.324 e. The molecule has 20 heavy (non-hydrogen) atoms. The summed E-state index contributed by atoms with van der Waals surface area (Å²) in [6, 6.07) is 4.08. The van der Waals surface area contributed by atoms with Crippen LogP contribution in [-0.2, 0) is 4.79 Å². The average Bonchev–Trinajstić information content (AvgIpc) is 2.39. The number of nitrogens with one attached hydrogen (secondary N) is 1. The van der Waals surface area contributed by atoms with Crippen LogP contribution in [0.1, 0.15) is 32.1 Å². The molecule has 1 fully saturated rings. The van der Waals surface area contributed by atoms with E-state index in [1.54, 1.807) is 0 Å². The molecule has 6 nitrogen and oxygen atoms in total. The summed E-state index contributed by atoms with van der Waals surface area (Å²) in [5.41, 5.74) is 5.49. The normalized spacial score (nSPS) is 17.5. The van der Waals surface area contributed by atoms with Gasteiger partial charge in [-0.05, 0) is 25.0 Å². The highest BCUT2D eigenvalue weighted by Crippen LogP contribution is 2.30. The van der Waals surface area contributed by atoms with Gasteiger partial charge in [-0.1, -0.05) is 30.9 Å². The van der Waals surface area contributed by atoms with Crippen LogP contribution in [0.4, 0.5) is 11.4 Å². The Morgan fingerprint density at radius 3 is 2.55 bits per heavy atom. The first kappa shape index (κ1) is 14.7. The van der Waals surface area contributed by atoms with Crippen molar-refractivity contribution in [3.8, 4) is 0 Å². The number of benzene rings is 1. The Balaban J connectivity index is 2.12. The van der Waals surface area contributed by atoms with Crippen molar-refractivity contribution in [2.45, 2.75) is 37.6 Å². The third-order valence-corrected chi connectivity index (χ3v) is 3.90. The van der Waals surface area contributed by atoms with E-state index in [9.17, 15) is 14.9 Å². The number of hydrogen-bond acceptors (Lipinski definition) is 4. The van der Waals surface area contributed by atoms with Crippen molar-refractivity contribution in [1.29, 1.82) is 0 Å². The van der Waals surface area contributed by atoms with E-state index in [0.29, 0.717) is 18.5 Å². The average molecular weight is 298 g/mol. The molecule has 1 aliphatic carbocycles. The first-order valence-electron chi connectivity index (χ1n) is 6.47. The van der Waals surface area contributed by atoms with Crippen LogP contribution >= 0.6 is 11.6 Å². The number of carbonyl (C=O) groups is 1. The smallest absolute Gasteiger partial charge is 0.288 e. The summed E-state index contributed by atoms with van der Waals surface area (Å²) in [5.74, 6) is -0.262. The number of nitro groups is 1. The van der Waals surface area contributed by atoms with Crippen LogP contribution in [0, 0.1) is 10.1 Å². The zero-order valence-corrected chi connectivity index (χ0v) is 11.7. The molecule has 0 aliphatic heterocycles. The highest BCUT2D eigenvalue weighted by atomic mass is 35.5. The molecule has 1 aliphatic rings. The molecule has 108 valence electrons. The monoisotopic (exact) mass is 297 g/mol. The Kier molecular flexibility index (Phi) is 4.25. The predicted molar refractivity (Wildman–Crippen MR) is 76.7 cm³/mol. The molecule has 1 saturated carbocycles. The number of hydrogen-bond donors (Lipinski definition) is 2. The molecule has 7 heteroatoms. The molecular weight excluding hydrogens is 282 g/mol. The van der Waals surface area contributed by atoms with E-state index in [2.05, 4.69) is 5.32 Å². The van der Waals surface area contributed by atoms with Gasteiger partial charge in [-0.2, -0.15) is 0 Å². The lowest BCUT2D eigenvalue weighted by Crippen LogP contribution is -2.52. The van der Waals surface area contributed by atoms with E-state index in [0.717, 1.165) is 19.3 Å².